The number of alkyl halides is 1. The number of thiophene rings is 1. The molecule has 0 aliphatic rings. The Morgan fingerprint density at radius 1 is 1.29 bits per heavy atom. The smallest absolute Gasteiger partial charge is 0.142 e. The lowest BCUT2D eigenvalue weighted by molar-refractivity contribution is 0.606. The first-order valence-corrected chi connectivity index (χ1v) is 7.75. The maximum atomic E-state index is 13.9. The summed E-state index contributed by atoms with van der Waals surface area (Å²) in [6, 6.07) is 6.80. The average molecular weight is 419 g/mol. The number of rotatable bonds is 2. The molecule has 1 aromatic heterocycles. The van der Waals surface area contributed by atoms with E-state index in [0.717, 1.165) is 8.66 Å². The van der Waals surface area contributed by atoms with E-state index in [9.17, 15) is 4.39 Å². The van der Waals surface area contributed by atoms with Gasteiger partial charge in [-0.05, 0) is 44.0 Å². The summed E-state index contributed by atoms with van der Waals surface area (Å²) < 4.78 is 15.1. The van der Waals surface area contributed by atoms with Crippen molar-refractivity contribution in [3.05, 3.63) is 53.8 Å². The van der Waals surface area contributed by atoms with Crippen molar-refractivity contribution in [1.82, 2.24) is 0 Å². The summed E-state index contributed by atoms with van der Waals surface area (Å²) in [6.07, 6.45) is 0. The van der Waals surface area contributed by atoms with Gasteiger partial charge in [-0.15, -0.1) is 22.9 Å². The normalized spacial score (nSPS) is 12.8. The van der Waals surface area contributed by atoms with Gasteiger partial charge in [0.25, 0.3) is 0 Å². The van der Waals surface area contributed by atoms with Crippen LogP contribution in [-0.2, 0) is 0 Å². The molecule has 0 amide bonds. The highest BCUT2D eigenvalue weighted by Crippen LogP contribution is 2.41. The zero-order valence-corrected chi connectivity index (χ0v) is 13.7. The molecule has 0 spiro atoms. The van der Waals surface area contributed by atoms with E-state index >= 15 is 0 Å². The molecule has 1 heterocycles. The third-order valence-electron chi connectivity index (χ3n) is 2.17. The maximum absolute atomic E-state index is 13.9. The van der Waals surface area contributed by atoms with Gasteiger partial charge >= 0.3 is 0 Å². The Bertz CT molecular complexity index is 537. The van der Waals surface area contributed by atoms with Crippen LogP contribution < -0.4 is 0 Å². The Hall–Kier alpha value is 0.390. The second-order valence-corrected chi connectivity index (χ2v) is 7.38. The van der Waals surface area contributed by atoms with Crippen LogP contribution in [0.15, 0.2) is 32.5 Å². The first-order valence-electron chi connectivity index (χ1n) is 4.53. The highest BCUT2D eigenvalue weighted by atomic mass is 79.9. The summed E-state index contributed by atoms with van der Waals surface area (Å²) in [7, 11) is 0. The van der Waals surface area contributed by atoms with Gasteiger partial charge in [0.2, 0.25) is 0 Å². The number of halogens is 5. The summed E-state index contributed by atoms with van der Waals surface area (Å²) in [5, 5.41) is 0.0485. The predicted molar refractivity (Wildman–Crippen MR) is 78.8 cm³/mol. The van der Waals surface area contributed by atoms with E-state index in [1.54, 1.807) is 24.3 Å². The highest BCUT2D eigenvalue weighted by Gasteiger charge is 2.19. The van der Waals surface area contributed by atoms with Crippen LogP contribution >= 0.6 is 66.4 Å². The van der Waals surface area contributed by atoms with Crippen molar-refractivity contribution in [2.75, 3.05) is 0 Å². The van der Waals surface area contributed by atoms with E-state index in [4.69, 9.17) is 23.2 Å². The maximum Gasteiger partial charge on any atom is 0.142 e. The van der Waals surface area contributed by atoms with Gasteiger partial charge in [0.05, 0.1) is 18.7 Å². The molecule has 2 rings (SSSR count). The monoisotopic (exact) mass is 416 g/mol. The molecule has 1 aromatic carbocycles. The van der Waals surface area contributed by atoms with E-state index in [1.165, 1.54) is 11.3 Å². The van der Waals surface area contributed by atoms with Crippen LogP contribution in [0.5, 0.6) is 0 Å². The fraction of sp³-hybridized carbons (Fsp3) is 0.0909. The molecule has 0 nitrogen and oxygen atoms in total. The Morgan fingerprint density at radius 2 is 2.00 bits per heavy atom. The van der Waals surface area contributed by atoms with Gasteiger partial charge in [-0.2, -0.15) is 0 Å². The molecule has 6 heteroatoms. The Kier molecular flexibility index (Phi) is 4.53. The Balaban J connectivity index is 2.43. The summed E-state index contributed by atoms with van der Waals surface area (Å²) in [5.74, 6) is -0.340. The third-order valence-corrected chi connectivity index (χ3v) is 5.92. The first-order chi connectivity index (χ1) is 8.00. The van der Waals surface area contributed by atoms with Gasteiger partial charge < -0.3 is 0 Å². The van der Waals surface area contributed by atoms with Crippen molar-refractivity contribution in [3.63, 3.8) is 0 Å². The molecule has 1 atom stereocenters. The van der Waals surface area contributed by atoms with Crippen molar-refractivity contribution in [2.24, 2.45) is 0 Å². The summed E-state index contributed by atoms with van der Waals surface area (Å²) in [5.41, 5.74) is 0.437. The largest absolute Gasteiger partial charge is 0.205 e. The molecule has 0 fully saturated rings. The fourth-order valence-electron chi connectivity index (χ4n) is 1.36. The molecule has 1 unspecified atom stereocenters. The van der Waals surface area contributed by atoms with Gasteiger partial charge in [-0.1, -0.05) is 23.7 Å². The Labute approximate surface area is 129 Å². The number of hydrogen-bond acceptors (Lipinski definition) is 1. The van der Waals surface area contributed by atoms with Crippen molar-refractivity contribution in [2.45, 2.75) is 5.38 Å². The van der Waals surface area contributed by atoms with E-state index in [1.807, 2.05) is 0 Å². The number of benzene rings is 1. The lowest BCUT2D eigenvalue weighted by Gasteiger charge is -2.09. The van der Waals surface area contributed by atoms with Crippen molar-refractivity contribution in [1.29, 1.82) is 0 Å². The van der Waals surface area contributed by atoms with Crippen molar-refractivity contribution >= 4 is 66.4 Å². The van der Waals surface area contributed by atoms with Crippen LogP contribution in [0.2, 0.25) is 5.02 Å². The molecule has 90 valence electrons. The van der Waals surface area contributed by atoms with Crippen LogP contribution in [0.25, 0.3) is 0 Å². The molecule has 0 saturated heterocycles. The standard InChI is InChI=1S/C11H5Br2Cl2FS/c12-6-3-1-2-5(10(6)16)9(15)8-4-7(14)11(13)17-8/h1-4,9H. The molecular formula is C11H5Br2Cl2FS. The molecule has 17 heavy (non-hydrogen) atoms. The summed E-state index contributed by atoms with van der Waals surface area (Å²) in [4.78, 5) is 0.806. The van der Waals surface area contributed by atoms with Gasteiger partial charge in [0.1, 0.15) is 5.82 Å². The molecule has 0 bridgehead atoms. The SMILES string of the molecule is Fc1c(Br)cccc1C(Cl)c1cc(Cl)c(Br)s1. The average Bonchev–Trinajstić information content (AvgIpc) is 2.62. The molecular weight excluding hydrogens is 414 g/mol. The molecule has 0 aliphatic heterocycles. The van der Waals surface area contributed by atoms with Crippen LogP contribution in [0.4, 0.5) is 4.39 Å². The predicted octanol–water partition coefficient (Wildman–Crippen LogP) is 6.39. The van der Waals surface area contributed by atoms with Crippen LogP contribution in [0.3, 0.4) is 0 Å². The third kappa shape index (κ3) is 2.87. The van der Waals surface area contributed by atoms with E-state index in [-0.39, 0.29) is 5.82 Å². The van der Waals surface area contributed by atoms with Gasteiger partial charge in [0, 0.05) is 10.4 Å². The minimum Gasteiger partial charge on any atom is -0.205 e. The molecule has 2 aromatic rings. The lowest BCUT2D eigenvalue weighted by Crippen LogP contribution is -1.95. The first kappa shape index (κ1) is 13.8. The zero-order valence-electron chi connectivity index (χ0n) is 8.18. The summed E-state index contributed by atoms with van der Waals surface area (Å²) >= 11 is 20.1. The Morgan fingerprint density at radius 3 is 2.59 bits per heavy atom. The van der Waals surface area contributed by atoms with Crippen molar-refractivity contribution in [3.8, 4) is 0 Å². The second-order valence-electron chi connectivity index (χ2n) is 3.28. The van der Waals surface area contributed by atoms with Crippen LogP contribution in [0, 0.1) is 5.82 Å². The van der Waals surface area contributed by atoms with Crippen LogP contribution in [0.1, 0.15) is 15.8 Å². The minimum absolute atomic E-state index is 0.340. The second kappa shape index (κ2) is 5.57. The van der Waals surface area contributed by atoms with E-state index < -0.39 is 5.38 Å². The quantitative estimate of drug-likeness (QED) is 0.495. The molecule has 0 saturated carbocycles. The van der Waals surface area contributed by atoms with E-state index in [0.29, 0.717) is 15.1 Å². The fourth-order valence-corrected chi connectivity index (χ4v) is 3.85. The van der Waals surface area contributed by atoms with Crippen molar-refractivity contribution < 1.29 is 4.39 Å². The number of hydrogen-bond donors (Lipinski definition) is 0. The van der Waals surface area contributed by atoms with Gasteiger partial charge in [-0.25, -0.2) is 4.39 Å². The summed E-state index contributed by atoms with van der Waals surface area (Å²) in [6.45, 7) is 0. The van der Waals surface area contributed by atoms with E-state index in [2.05, 4.69) is 31.9 Å². The van der Waals surface area contributed by atoms with Crippen LogP contribution in [-0.4, -0.2) is 0 Å². The molecule has 0 radical (unpaired) electrons. The zero-order chi connectivity index (χ0) is 12.6. The van der Waals surface area contributed by atoms with Gasteiger partial charge in [-0.3, -0.25) is 0 Å². The highest BCUT2D eigenvalue weighted by molar-refractivity contribution is 9.11. The van der Waals surface area contributed by atoms with Gasteiger partial charge in [0.15, 0.2) is 0 Å². The lowest BCUT2D eigenvalue weighted by atomic mass is 10.1. The molecule has 0 aliphatic carbocycles. The topological polar surface area (TPSA) is 0 Å². The minimum atomic E-state index is -0.540. The molecule has 0 N–H and O–H groups in total.